The summed E-state index contributed by atoms with van der Waals surface area (Å²) >= 11 is 11.7. The van der Waals surface area contributed by atoms with Gasteiger partial charge in [0.25, 0.3) is 0 Å². The highest BCUT2D eigenvalue weighted by Gasteiger charge is 2.18. The fourth-order valence-electron chi connectivity index (χ4n) is 1.33. The maximum absolute atomic E-state index is 14.1. The van der Waals surface area contributed by atoms with E-state index in [0.717, 1.165) is 0 Å². The molecule has 1 unspecified atom stereocenters. The Morgan fingerprint density at radius 2 is 2.00 bits per heavy atom. The molecule has 0 radical (unpaired) electrons. The Bertz CT molecular complexity index is 491. The minimum Gasteiger partial charge on any atom is -0.245 e. The summed E-state index contributed by atoms with van der Waals surface area (Å²) in [5.41, 5.74) is 0.576. The van der Waals surface area contributed by atoms with Crippen molar-refractivity contribution in [2.45, 2.75) is 6.17 Å². The van der Waals surface area contributed by atoms with E-state index in [4.69, 9.17) is 23.2 Å². The summed E-state index contributed by atoms with van der Waals surface area (Å²) in [6.45, 7) is 0. The number of hydrogen-bond acceptors (Lipinski definition) is 2. The van der Waals surface area contributed by atoms with Crippen molar-refractivity contribution in [2.75, 3.05) is 0 Å². The van der Waals surface area contributed by atoms with Crippen molar-refractivity contribution >= 4 is 23.2 Å². The average molecular weight is 257 g/mol. The van der Waals surface area contributed by atoms with Crippen LogP contribution in [-0.2, 0) is 0 Å². The van der Waals surface area contributed by atoms with Gasteiger partial charge in [-0.3, -0.25) is 0 Å². The van der Waals surface area contributed by atoms with Crippen molar-refractivity contribution < 1.29 is 4.39 Å². The summed E-state index contributed by atoms with van der Waals surface area (Å²) in [5, 5.41) is 0.547. The lowest BCUT2D eigenvalue weighted by Gasteiger charge is -2.10. The van der Waals surface area contributed by atoms with Crippen molar-refractivity contribution in [3.63, 3.8) is 0 Å². The van der Waals surface area contributed by atoms with Crippen LogP contribution in [0, 0.1) is 0 Å². The first-order chi connectivity index (χ1) is 7.70. The summed E-state index contributed by atoms with van der Waals surface area (Å²) in [7, 11) is 0. The number of halogens is 3. The van der Waals surface area contributed by atoms with Crippen molar-refractivity contribution in [3.8, 4) is 0 Å². The molecule has 16 heavy (non-hydrogen) atoms. The molecule has 5 heteroatoms. The zero-order chi connectivity index (χ0) is 11.5. The second-order valence-corrected chi connectivity index (χ2v) is 3.93. The normalized spacial score (nSPS) is 12.4. The Balaban J connectivity index is 2.42. The van der Waals surface area contributed by atoms with Crippen LogP contribution < -0.4 is 0 Å². The number of benzene rings is 1. The van der Waals surface area contributed by atoms with Crippen LogP contribution in [0.3, 0.4) is 0 Å². The molecule has 2 nitrogen and oxygen atoms in total. The molecule has 82 valence electrons. The van der Waals surface area contributed by atoms with E-state index in [1.54, 1.807) is 18.2 Å². The van der Waals surface area contributed by atoms with Gasteiger partial charge in [-0.15, -0.1) is 0 Å². The van der Waals surface area contributed by atoms with Crippen molar-refractivity contribution in [1.29, 1.82) is 0 Å². The van der Waals surface area contributed by atoms with Crippen molar-refractivity contribution in [2.24, 2.45) is 0 Å². The third-order valence-corrected chi connectivity index (χ3v) is 2.95. The lowest BCUT2D eigenvalue weighted by atomic mass is 10.1. The summed E-state index contributed by atoms with van der Waals surface area (Å²) in [5.74, 6) is 0. The monoisotopic (exact) mass is 256 g/mol. The number of alkyl halides is 1. The minimum absolute atomic E-state index is 0.218. The van der Waals surface area contributed by atoms with Gasteiger partial charge < -0.3 is 0 Å². The SMILES string of the molecule is FC(c1ccncn1)c1cccc(Cl)c1Cl. The standard InChI is InChI=1S/C11H7Cl2FN2/c12-8-3-1-2-7(10(8)13)11(14)9-4-5-15-6-16-9/h1-6,11H. The topological polar surface area (TPSA) is 25.8 Å². The second-order valence-electron chi connectivity index (χ2n) is 3.14. The number of hydrogen-bond donors (Lipinski definition) is 0. The maximum atomic E-state index is 14.1. The molecule has 0 aliphatic heterocycles. The molecule has 2 aromatic rings. The fraction of sp³-hybridized carbons (Fsp3) is 0.0909. The van der Waals surface area contributed by atoms with Crippen LogP contribution in [0.2, 0.25) is 10.0 Å². The van der Waals surface area contributed by atoms with Gasteiger partial charge in [0.15, 0.2) is 6.17 Å². The first-order valence-corrected chi connectivity index (χ1v) is 5.29. The van der Waals surface area contributed by atoms with Crippen LogP contribution in [-0.4, -0.2) is 9.97 Å². The van der Waals surface area contributed by atoms with Crippen LogP contribution in [0.25, 0.3) is 0 Å². The van der Waals surface area contributed by atoms with E-state index in [2.05, 4.69) is 9.97 Å². The minimum atomic E-state index is -1.39. The van der Waals surface area contributed by atoms with E-state index in [-0.39, 0.29) is 10.7 Å². The molecule has 0 amide bonds. The molecule has 0 fully saturated rings. The van der Waals surface area contributed by atoms with Crippen LogP contribution in [0.5, 0.6) is 0 Å². The molecule has 1 aromatic heterocycles. The third-order valence-electron chi connectivity index (χ3n) is 2.12. The van der Waals surface area contributed by atoms with Crippen molar-refractivity contribution in [3.05, 3.63) is 58.1 Å². The number of aromatic nitrogens is 2. The van der Waals surface area contributed by atoms with Gasteiger partial charge in [0.2, 0.25) is 0 Å². The van der Waals surface area contributed by atoms with Crippen LogP contribution in [0.1, 0.15) is 17.4 Å². The molecule has 1 heterocycles. The average Bonchev–Trinajstić information content (AvgIpc) is 2.33. The van der Waals surface area contributed by atoms with E-state index in [1.807, 2.05) is 0 Å². The van der Waals surface area contributed by atoms with E-state index in [9.17, 15) is 4.39 Å². The molecule has 1 aromatic carbocycles. The highest BCUT2D eigenvalue weighted by atomic mass is 35.5. The van der Waals surface area contributed by atoms with Gasteiger partial charge in [0.1, 0.15) is 6.33 Å². The Morgan fingerprint density at radius 1 is 1.19 bits per heavy atom. The molecule has 0 spiro atoms. The quantitative estimate of drug-likeness (QED) is 0.816. The zero-order valence-corrected chi connectivity index (χ0v) is 9.58. The van der Waals surface area contributed by atoms with Crippen LogP contribution in [0.4, 0.5) is 4.39 Å². The largest absolute Gasteiger partial charge is 0.245 e. The summed E-state index contributed by atoms with van der Waals surface area (Å²) < 4.78 is 14.1. The van der Waals surface area contributed by atoms with Gasteiger partial charge in [-0.1, -0.05) is 35.3 Å². The number of rotatable bonds is 2. The Labute approximate surface area is 102 Å². The molecule has 2 rings (SSSR count). The van der Waals surface area contributed by atoms with E-state index in [0.29, 0.717) is 10.6 Å². The molecular weight excluding hydrogens is 250 g/mol. The van der Waals surface area contributed by atoms with E-state index in [1.165, 1.54) is 18.6 Å². The molecule has 0 saturated heterocycles. The van der Waals surface area contributed by atoms with E-state index < -0.39 is 6.17 Å². The second kappa shape index (κ2) is 4.76. The molecule has 1 atom stereocenters. The zero-order valence-electron chi connectivity index (χ0n) is 8.07. The lowest BCUT2D eigenvalue weighted by Crippen LogP contribution is -1.98. The molecule has 0 bridgehead atoms. The van der Waals surface area contributed by atoms with E-state index >= 15 is 0 Å². The Hall–Kier alpha value is -1.19. The lowest BCUT2D eigenvalue weighted by molar-refractivity contribution is 0.393. The Kier molecular flexibility index (Phi) is 3.36. The predicted octanol–water partition coefficient (Wildman–Crippen LogP) is 3.84. The van der Waals surface area contributed by atoms with Gasteiger partial charge in [0, 0.05) is 11.8 Å². The van der Waals surface area contributed by atoms with Crippen LogP contribution in [0.15, 0.2) is 36.8 Å². The van der Waals surface area contributed by atoms with Gasteiger partial charge in [0.05, 0.1) is 15.7 Å². The van der Waals surface area contributed by atoms with Gasteiger partial charge >= 0.3 is 0 Å². The third kappa shape index (κ3) is 2.15. The first kappa shape index (κ1) is 11.3. The van der Waals surface area contributed by atoms with Gasteiger partial charge in [-0.25, -0.2) is 14.4 Å². The highest BCUT2D eigenvalue weighted by Crippen LogP contribution is 2.34. The smallest absolute Gasteiger partial charge is 0.169 e. The molecule has 0 aliphatic carbocycles. The molecule has 0 saturated carbocycles. The molecule has 0 aliphatic rings. The Morgan fingerprint density at radius 3 is 2.69 bits per heavy atom. The maximum Gasteiger partial charge on any atom is 0.169 e. The molecule has 0 N–H and O–H groups in total. The summed E-state index contributed by atoms with van der Waals surface area (Å²) in [6.07, 6.45) is 1.38. The number of nitrogens with zero attached hydrogens (tertiary/aromatic N) is 2. The molecular formula is C11H7Cl2FN2. The van der Waals surface area contributed by atoms with Crippen LogP contribution >= 0.6 is 23.2 Å². The fourth-order valence-corrected chi connectivity index (χ4v) is 1.73. The van der Waals surface area contributed by atoms with Crippen molar-refractivity contribution in [1.82, 2.24) is 9.97 Å². The predicted molar refractivity (Wildman–Crippen MR) is 61.4 cm³/mol. The van der Waals surface area contributed by atoms with Gasteiger partial charge in [-0.2, -0.15) is 0 Å². The summed E-state index contributed by atoms with van der Waals surface area (Å²) in [6, 6.07) is 6.35. The first-order valence-electron chi connectivity index (χ1n) is 4.54. The highest BCUT2D eigenvalue weighted by molar-refractivity contribution is 6.42. The van der Waals surface area contributed by atoms with Gasteiger partial charge in [-0.05, 0) is 12.1 Å². The summed E-state index contributed by atoms with van der Waals surface area (Å²) in [4.78, 5) is 7.56.